The van der Waals surface area contributed by atoms with Crippen LogP contribution >= 0.6 is 11.8 Å². The molecular weight excluding hydrogens is 220 g/mol. The standard InChI is InChI=1S/C8H20N2O2S2/c1-8(4-6-13-2)10-14(11,12)7-3-5-9/h8,10H,3-7,9H2,1-2H3. The van der Waals surface area contributed by atoms with E-state index in [-0.39, 0.29) is 11.8 Å². The van der Waals surface area contributed by atoms with Gasteiger partial charge in [0.05, 0.1) is 5.75 Å². The maximum atomic E-state index is 11.4. The van der Waals surface area contributed by atoms with Crippen molar-refractivity contribution < 1.29 is 8.42 Å². The maximum Gasteiger partial charge on any atom is 0.211 e. The van der Waals surface area contributed by atoms with E-state index in [2.05, 4.69) is 4.72 Å². The lowest BCUT2D eigenvalue weighted by Gasteiger charge is -2.13. The first-order valence-corrected chi connectivity index (χ1v) is 7.75. The molecule has 0 aliphatic carbocycles. The minimum Gasteiger partial charge on any atom is -0.330 e. The molecule has 0 radical (unpaired) electrons. The molecule has 1 unspecified atom stereocenters. The molecule has 0 amide bonds. The Morgan fingerprint density at radius 1 is 1.50 bits per heavy atom. The Morgan fingerprint density at radius 2 is 2.14 bits per heavy atom. The van der Waals surface area contributed by atoms with Crippen molar-refractivity contribution in [1.82, 2.24) is 4.72 Å². The molecule has 3 N–H and O–H groups in total. The summed E-state index contributed by atoms with van der Waals surface area (Å²) in [5.41, 5.74) is 5.25. The van der Waals surface area contributed by atoms with Crippen molar-refractivity contribution in [3.8, 4) is 0 Å². The summed E-state index contributed by atoms with van der Waals surface area (Å²) in [7, 11) is -3.11. The van der Waals surface area contributed by atoms with Gasteiger partial charge in [-0.05, 0) is 38.3 Å². The average Bonchev–Trinajstić information content (AvgIpc) is 2.11. The molecule has 0 heterocycles. The van der Waals surface area contributed by atoms with Crippen molar-refractivity contribution in [3.63, 3.8) is 0 Å². The van der Waals surface area contributed by atoms with Gasteiger partial charge in [-0.15, -0.1) is 0 Å². The molecule has 0 aromatic rings. The van der Waals surface area contributed by atoms with Crippen LogP contribution in [-0.4, -0.2) is 38.8 Å². The molecule has 0 fully saturated rings. The van der Waals surface area contributed by atoms with E-state index in [4.69, 9.17) is 5.73 Å². The zero-order chi connectivity index (χ0) is 11.0. The number of sulfonamides is 1. The first-order valence-electron chi connectivity index (χ1n) is 4.71. The average molecular weight is 240 g/mol. The van der Waals surface area contributed by atoms with Crippen LogP contribution in [0.2, 0.25) is 0 Å². The Morgan fingerprint density at radius 3 is 2.64 bits per heavy atom. The lowest BCUT2D eigenvalue weighted by atomic mass is 10.3. The highest BCUT2D eigenvalue weighted by Gasteiger charge is 2.12. The van der Waals surface area contributed by atoms with Gasteiger partial charge in [-0.2, -0.15) is 11.8 Å². The van der Waals surface area contributed by atoms with E-state index in [1.54, 1.807) is 11.8 Å². The second kappa shape index (κ2) is 7.50. The molecule has 0 aromatic carbocycles. The van der Waals surface area contributed by atoms with Crippen molar-refractivity contribution in [2.75, 3.05) is 24.3 Å². The number of hydrogen-bond donors (Lipinski definition) is 2. The van der Waals surface area contributed by atoms with Crippen LogP contribution < -0.4 is 10.5 Å². The smallest absolute Gasteiger partial charge is 0.211 e. The minimum atomic E-state index is -3.11. The summed E-state index contributed by atoms with van der Waals surface area (Å²) < 4.78 is 25.4. The zero-order valence-corrected chi connectivity index (χ0v) is 10.5. The molecule has 1 atom stereocenters. The third-order valence-corrected chi connectivity index (χ3v) is 3.98. The Labute approximate surface area is 91.1 Å². The monoisotopic (exact) mass is 240 g/mol. The van der Waals surface area contributed by atoms with E-state index in [0.29, 0.717) is 13.0 Å². The molecule has 4 nitrogen and oxygen atoms in total. The van der Waals surface area contributed by atoms with Gasteiger partial charge >= 0.3 is 0 Å². The molecule has 86 valence electrons. The largest absolute Gasteiger partial charge is 0.330 e. The van der Waals surface area contributed by atoms with Crippen LogP contribution in [0.25, 0.3) is 0 Å². The van der Waals surface area contributed by atoms with Crippen LogP contribution in [-0.2, 0) is 10.0 Å². The van der Waals surface area contributed by atoms with Crippen LogP contribution in [0, 0.1) is 0 Å². The van der Waals surface area contributed by atoms with Crippen LogP contribution in [0.5, 0.6) is 0 Å². The molecule has 0 saturated heterocycles. The summed E-state index contributed by atoms with van der Waals surface area (Å²) in [5, 5.41) is 0. The Bertz CT molecular complexity index is 229. The molecule has 0 aliphatic rings. The highest BCUT2D eigenvalue weighted by atomic mass is 32.2. The quantitative estimate of drug-likeness (QED) is 0.644. The summed E-state index contributed by atoms with van der Waals surface area (Å²) in [6.45, 7) is 2.30. The van der Waals surface area contributed by atoms with Crippen molar-refractivity contribution >= 4 is 21.8 Å². The number of rotatable bonds is 8. The minimum absolute atomic E-state index is 0.0187. The van der Waals surface area contributed by atoms with Crippen molar-refractivity contribution in [3.05, 3.63) is 0 Å². The Balaban J connectivity index is 3.83. The van der Waals surface area contributed by atoms with Crippen molar-refractivity contribution in [1.29, 1.82) is 0 Å². The highest BCUT2D eigenvalue weighted by Crippen LogP contribution is 2.01. The Hall–Kier alpha value is 0.220. The molecule has 0 rings (SSSR count). The van der Waals surface area contributed by atoms with Gasteiger partial charge in [-0.25, -0.2) is 13.1 Å². The lowest BCUT2D eigenvalue weighted by Crippen LogP contribution is -2.35. The molecule has 0 saturated carbocycles. The van der Waals surface area contributed by atoms with E-state index >= 15 is 0 Å². The van der Waals surface area contributed by atoms with Gasteiger partial charge in [0.2, 0.25) is 10.0 Å². The third-order valence-electron chi connectivity index (χ3n) is 1.75. The number of nitrogens with one attached hydrogen (secondary N) is 1. The van der Waals surface area contributed by atoms with Crippen LogP contribution in [0.4, 0.5) is 0 Å². The normalized spacial score (nSPS) is 14.2. The van der Waals surface area contributed by atoms with Crippen LogP contribution in [0.3, 0.4) is 0 Å². The molecule has 14 heavy (non-hydrogen) atoms. The topological polar surface area (TPSA) is 72.2 Å². The fourth-order valence-corrected chi connectivity index (χ4v) is 2.98. The summed E-state index contributed by atoms with van der Waals surface area (Å²) in [6, 6.07) is 0.0187. The summed E-state index contributed by atoms with van der Waals surface area (Å²) in [5.74, 6) is 1.10. The van der Waals surface area contributed by atoms with Gasteiger partial charge < -0.3 is 5.73 Å². The first kappa shape index (κ1) is 14.2. The Kier molecular flexibility index (Phi) is 7.62. The second-order valence-electron chi connectivity index (χ2n) is 3.26. The van der Waals surface area contributed by atoms with Crippen molar-refractivity contribution in [2.24, 2.45) is 5.73 Å². The maximum absolute atomic E-state index is 11.4. The summed E-state index contributed by atoms with van der Waals surface area (Å²) >= 11 is 1.72. The van der Waals surface area contributed by atoms with Gasteiger partial charge in [0.15, 0.2) is 0 Å². The number of hydrogen-bond acceptors (Lipinski definition) is 4. The SMILES string of the molecule is CSCCC(C)NS(=O)(=O)CCCN. The van der Waals surface area contributed by atoms with E-state index < -0.39 is 10.0 Å². The fourth-order valence-electron chi connectivity index (χ4n) is 0.992. The van der Waals surface area contributed by atoms with Crippen molar-refractivity contribution in [2.45, 2.75) is 25.8 Å². The van der Waals surface area contributed by atoms with Gasteiger partial charge in [0, 0.05) is 6.04 Å². The fraction of sp³-hybridized carbons (Fsp3) is 1.00. The first-order chi connectivity index (χ1) is 6.52. The second-order valence-corrected chi connectivity index (χ2v) is 6.12. The van der Waals surface area contributed by atoms with Crippen LogP contribution in [0.15, 0.2) is 0 Å². The van der Waals surface area contributed by atoms with E-state index in [0.717, 1.165) is 12.2 Å². The third kappa shape index (κ3) is 7.61. The van der Waals surface area contributed by atoms with E-state index in [9.17, 15) is 8.42 Å². The van der Waals surface area contributed by atoms with Crippen LogP contribution in [0.1, 0.15) is 19.8 Å². The van der Waals surface area contributed by atoms with Gasteiger partial charge in [-0.1, -0.05) is 0 Å². The summed E-state index contributed by atoms with van der Waals surface area (Å²) in [4.78, 5) is 0. The molecule has 6 heteroatoms. The van der Waals surface area contributed by atoms with Gasteiger partial charge in [0.1, 0.15) is 0 Å². The number of thioether (sulfide) groups is 1. The number of nitrogens with two attached hydrogens (primary N) is 1. The molecular formula is C8H20N2O2S2. The summed E-state index contributed by atoms with van der Waals surface area (Å²) in [6.07, 6.45) is 3.39. The predicted molar refractivity (Wildman–Crippen MR) is 63.1 cm³/mol. The lowest BCUT2D eigenvalue weighted by molar-refractivity contribution is 0.555. The van der Waals surface area contributed by atoms with E-state index in [1.807, 2.05) is 13.2 Å². The predicted octanol–water partition coefficient (Wildman–Crippen LogP) is 0.396. The zero-order valence-electron chi connectivity index (χ0n) is 8.82. The molecule has 0 bridgehead atoms. The molecule has 0 aliphatic heterocycles. The van der Waals surface area contributed by atoms with Gasteiger partial charge in [0.25, 0.3) is 0 Å². The van der Waals surface area contributed by atoms with Gasteiger partial charge in [-0.3, -0.25) is 0 Å². The van der Waals surface area contributed by atoms with E-state index in [1.165, 1.54) is 0 Å². The molecule has 0 aromatic heterocycles. The highest BCUT2D eigenvalue weighted by molar-refractivity contribution is 7.98. The molecule has 0 spiro atoms.